The standard InChI is InChI=1S/C19H20N2O3/c1-4-24-19(23)15-11-16(17(22)12-20(2)3)21-10-9-13-7-5-6-8-14(13)18(15)21/h5-11H,4,12H2,1-3H3. The number of hydrogen-bond acceptors (Lipinski definition) is 4. The number of benzene rings is 1. The molecule has 5 heteroatoms. The molecule has 2 heterocycles. The van der Waals surface area contributed by atoms with E-state index in [1.807, 2.05) is 55.5 Å². The second-order valence-electron chi connectivity index (χ2n) is 5.95. The summed E-state index contributed by atoms with van der Waals surface area (Å²) in [6.45, 7) is 2.34. The van der Waals surface area contributed by atoms with Crippen molar-refractivity contribution in [2.75, 3.05) is 27.2 Å². The molecule has 3 aromatic rings. The Morgan fingerprint density at radius 2 is 1.92 bits per heavy atom. The molecule has 124 valence electrons. The molecule has 0 radical (unpaired) electrons. The molecule has 0 N–H and O–H groups in total. The number of esters is 1. The lowest BCUT2D eigenvalue weighted by atomic mass is 10.1. The molecule has 1 aromatic carbocycles. The molecule has 2 aromatic heterocycles. The number of rotatable bonds is 5. The molecular formula is C19H20N2O3. The Morgan fingerprint density at radius 1 is 1.17 bits per heavy atom. The Hall–Kier alpha value is -2.66. The van der Waals surface area contributed by atoms with Crippen LogP contribution in [-0.4, -0.2) is 48.3 Å². The molecule has 0 saturated heterocycles. The minimum absolute atomic E-state index is 0.0409. The fraction of sp³-hybridized carbons (Fsp3) is 0.263. The maximum Gasteiger partial charge on any atom is 0.340 e. The molecule has 0 aliphatic heterocycles. The van der Waals surface area contributed by atoms with Crippen LogP contribution in [0.1, 0.15) is 27.8 Å². The van der Waals surface area contributed by atoms with Gasteiger partial charge in [-0.25, -0.2) is 4.79 Å². The van der Waals surface area contributed by atoms with Gasteiger partial charge in [0.1, 0.15) is 0 Å². The van der Waals surface area contributed by atoms with Gasteiger partial charge in [-0.05, 0) is 38.5 Å². The molecular weight excluding hydrogens is 304 g/mol. The molecule has 24 heavy (non-hydrogen) atoms. The molecule has 0 bridgehead atoms. The van der Waals surface area contributed by atoms with Crippen LogP contribution in [0.25, 0.3) is 16.3 Å². The van der Waals surface area contributed by atoms with E-state index in [2.05, 4.69) is 0 Å². The summed E-state index contributed by atoms with van der Waals surface area (Å²) < 4.78 is 6.98. The Morgan fingerprint density at radius 3 is 2.62 bits per heavy atom. The number of likely N-dealkylation sites (N-methyl/N-ethyl adjacent to an activating group) is 1. The summed E-state index contributed by atoms with van der Waals surface area (Å²) >= 11 is 0. The number of aromatic nitrogens is 1. The lowest BCUT2D eigenvalue weighted by molar-refractivity contribution is 0.0529. The molecule has 0 amide bonds. The smallest absolute Gasteiger partial charge is 0.340 e. The fourth-order valence-corrected chi connectivity index (χ4v) is 2.91. The largest absolute Gasteiger partial charge is 0.462 e. The van der Waals surface area contributed by atoms with E-state index in [4.69, 9.17) is 4.74 Å². The molecule has 0 unspecified atom stereocenters. The predicted octanol–water partition coefficient (Wildman–Crippen LogP) is 3.01. The average Bonchev–Trinajstić information content (AvgIpc) is 2.94. The predicted molar refractivity (Wildman–Crippen MR) is 93.7 cm³/mol. The Kier molecular flexibility index (Phi) is 4.36. The summed E-state index contributed by atoms with van der Waals surface area (Å²) in [5.74, 6) is -0.448. The average molecular weight is 324 g/mol. The third kappa shape index (κ3) is 2.78. The van der Waals surface area contributed by atoms with E-state index in [0.29, 0.717) is 23.4 Å². The van der Waals surface area contributed by atoms with Crippen molar-refractivity contribution in [3.63, 3.8) is 0 Å². The topological polar surface area (TPSA) is 51.0 Å². The van der Waals surface area contributed by atoms with Gasteiger partial charge >= 0.3 is 5.97 Å². The first kappa shape index (κ1) is 16.2. The van der Waals surface area contributed by atoms with Crippen molar-refractivity contribution in [1.82, 2.24) is 9.30 Å². The van der Waals surface area contributed by atoms with E-state index >= 15 is 0 Å². The SMILES string of the molecule is CCOC(=O)c1cc(C(=O)CN(C)C)n2ccc3ccccc3c12. The summed E-state index contributed by atoms with van der Waals surface area (Å²) in [7, 11) is 3.69. The summed E-state index contributed by atoms with van der Waals surface area (Å²) in [6.07, 6.45) is 1.84. The normalized spacial score (nSPS) is 11.3. The molecule has 0 aliphatic rings. The number of carbonyl (C=O) groups is 2. The maximum atomic E-state index is 12.6. The van der Waals surface area contributed by atoms with Crippen LogP contribution in [-0.2, 0) is 4.74 Å². The number of hydrogen-bond donors (Lipinski definition) is 0. The highest BCUT2D eigenvalue weighted by molar-refractivity contribution is 6.11. The van der Waals surface area contributed by atoms with Crippen LogP contribution in [0.4, 0.5) is 0 Å². The zero-order valence-electron chi connectivity index (χ0n) is 14.1. The van der Waals surface area contributed by atoms with Crippen LogP contribution in [0.2, 0.25) is 0 Å². The Balaban J connectivity index is 2.29. The molecule has 0 fully saturated rings. The number of pyridine rings is 1. The molecule has 0 spiro atoms. The van der Waals surface area contributed by atoms with Crippen LogP contribution in [0.5, 0.6) is 0 Å². The number of Topliss-reactive ketones (excluding diaryl/α,β-unsaturated/α-hetero) is 1. The summed E-state index contributed by atoms with van der Waals surface area (Å²) in [6, 6.07) is 11.4. The first-order chi connectivity index (χ1) is 11.5. The number of ether oxygens (including phenoxy) is 1. The third-order valence-electron chi connectivity index (χ3n) is 3.90. The lowest BCUT2D eigenvalue weighted by Gasteiger charge is -2.09. The zero-order valence-corrected chi connectivity index (χ0v) is 14.1. The van der Waals surface area contributed by atoms with Crippen molar-refractivity contribution in [3.8, 4) is 0 Å². The van der Waals surface area contributed by atoms with Gasteiger partial charge in [0.05, 0.1) is 29.9 Å². The number of nitrogens with zero attached hydrogens (tertiary/aromatic N) is 2. The first-order valence-electron chi connectivity index (χ1n) is 7.90. The highest BCUT2D eigenvalue weighted by Gasteiger charge is 2.22. The van der Waals surface area contributed by atoms with Crippen LogP contribution < -0.4 is 0 Å². The lowest BCUT2D eigenvalue weighted by Crippen LogP contribution is -2.22. The number of carbonyl (C=O) groups excluding carboxylic acids is 2. The van der Waals surface area contributed by atoms with Gasteiger partial charge < -0.3 is 14.0 Å². The van der Waals surface area contributed by atoms with Crippen LogP contribution >= 0.6 is 0 Å². The first-order valence-corrected chi connectivity index (χ1v) is 7.90. The van der Waals surface area contributed by atoms with Crippen LogP contribution in [0.3, 0.4) is 0 Å². The number of ketones is 1. The van der Waals surface area contributed by atoms with Gasteiger partial charge in [0.15, 0.2) is 5.78 Å². The summed E-state index contributed by atoms with van der Waals surface area (Å²) in [4.78, 5) is 26.8. The third-order valence-corrected chi connectivity index (χ3v) is 3.90. The molecule has 5 nitrogen and oxygen atoms in total. The molecule has 0 aliphatic carbocycles. The van der Waals surface area contributed by atoms with Crippen molar-refractivity contribution < 1.29 is 14.3 Å². The van der Waals surface area contributed by atoms with Gasteiger partial charge in [-0.2, -0.15) is 0 Å². The fourth-order valence-electron chi connectivity index (χ4n) is 2.91. The second-order valence-corrected chi connectivity index (χ2v) is 5.95. The van der Waals surface area contributed by atoms with Gasteiger partial charge in [-0.1, -0.05) is 24.3 Å². The minimum Gasteiger partial charge on any atom is -0.462 e. The number of fused-ring (bicyclic) bond motifs is 3. The van der Waals surface area contributed by atoms with Gasteiger partial charge in [0.2, 0.25) is 0 Å². The Labute approximate surface area is 140 Å². The Bertz CT molecular complexity index is 925. The van der Waals surface area contributed by atoms with Crippen LogP contribution in [0.15, 0.2) is 42.6 Å². The van der Waals surface area contributed by atoms with Gasteiger partial charge in [0.25, 0.3) is 0 Å². The van der Waals surface area contributed by atoms with E-state index in [9.17, 15) is 9.59 Å². The van der Waals surface area contributed by atoms with Crippen molar-refractivity contribution in [2.45, 2.75) is 6.92 Å². The van der Waals surface area contributed by atoms with E-state index < -0.39 is 5.97 Å². The zero-order chi connectivity index (χ0) is 17.3. The second kappa shape index (κ2) is 6.45. The molecule has 3 rings (SSSR count). The highest BCUT2D eigenvalue weighted by Crippen LogP contribution is 2.27. The van der Waals surface area contributed by atoms with Gasteiger partial charge in [-0.15, -0.1) is 0 Å². The molecule has 0 atom stereocenters. The summed E-state index contributed by atoms with van der Waals surface area (Å²) in [5.41, 5.74) is 1.64. The van der Waals surface area contributed by atoms with Crippen molar-refractivity contribution in [1.29, 1.82) is 0 Å². The summed E-state index contributed by atoms with van der Waals surface area (Å²) in [5, 5.41) is 1.94. The minimum atomic E-state index is -0.407. The van der Waals surface area contributed by atoms with Crippen LogP contribution in [0, 0.1) is 0 Å². The van der Waals surface area contributed by atoms with Gasteiger partial charge in [-0.3, -0.25) is 4.79 Å². The van der Waals surface area contributed by atoms with Crippen molar-refractivity contribution in [3.05, 3.63) is 53.9 Å². The van der Waals surface area contributed by atoms with E-state index in [1.165, 1.54) is 0 Å². The van der Waals surface area contributed by atoms with E-state index in [0.717, 1.165) is 10.8 Å². The van der Waals surface area contributed by atoms with E-state index in [-0.39, 0.29) is 12.3 Å². The van der Waals surface area contributed by atoms with E-state index in [1.54, 1.807) is 17.4 Å². The van der Waals surface area contributed by atoms with Gasteiger partial charge in [0, 0.05) is 11.6 Å². The molecule has 0 saturated carbocycles. The quantitative estimate of drug-likeness (QED) is 0.535. The van der Waals surface area contributed by atoms with Crippen molar-refractivity contribution in [2.24, 2.45) is 0 Å². The van der Waals surface area contributed by atoms with Crippen molar-refractivity contribution >= 4 is 28.0 Å². The highest BCUT2D eigenvalue weighted by atomic mass is 16.5. The monoisotopic (exact) mass is 324 g/mol. The maximum absolute atomic E-state index is 12.6.